The lowest BCUT2D eigenvalue weighted by atomic mass is 10.2. The maximum Gasteiger partial charge on any atom is 0.193 e. The first-order valence-corrected chi connectivity index (χ1v) is 10.8. The molecule has 28 heavy (non-hydrogen) atoms. The molecule has 0 amide bonds. The number of thiazole rings is 1. The van der Waals surface area contributed by atoms with Gasteiger partial charge in [-0.2, -0.15) is 0 Å². The van der Waals surface area contributed by atoms with Crippen molar-refractivity contribution in [1.82, 2.24) is 20.1 Å². The number of piperazine rings is 1. The molecule has 2 heterocycles. The minimum absolute atomic E-state index is 0. The van der Waals surface area contributed by atoms with E-state index < -0.39 is 0 Å². The average molecular weight is 513 g/mol. The number of hydrogen-bond acceptors (Lipinski definition) is 4. The summed E-state index contributed by atoms with van der Waals surface area (Å²) in [5.74, 6) is 1.04. The number of rotatable bonds is 7. The molecule has 5 nitrogen and oxygen atoms in total. The summed E-state index contributed by atoms with van der Waals surface area (Å²) >= 11 is 1.77. The molecule has 1 aliphatic rings. The Morgan fingerprint density at radius 3 is 2.54 bits per heavy atom. The van der Waals surface area contributed by atoms with Crippen LogP contribution in [0.15, 0.2) is 40.7 Å². The fraction of sp³-hybridized carbons (Fsp3) is 0.524. The van der Waals surface area contributed by atoms with Crippen LogP contribution in [-0.4, -0.2) is 60.5 Å². The van der Waals surface area contributed by atoms with E-state index in [-0.39, 0.29) is 24.0 Å². The summed E-state index contributed by atoms with van der Waals surface area (Å²) in [6.07, 6.45) is 3.39. The number of nitrogens with zero attached hydrogens (tertiary/aromatic N) is 4. The number of halogens is 1. The lowest BCUT2D eigenvalue weighted by Crippen LogP contribution is -2.52. The summed E-state index contributed by atoms with van der Waals surface area (Å²) in [4.78, 5) is 13.9. The molecular weight excluding hydrogens is 481 g/mol. The van der Waals surface area contributed by atoms with E-state index in [0.717, 1.165) is 63.8 Å². The quantitative estimate of drug-likeness (QED) is 0.265. The number of benzene rings is 1. The Bertz CT molecular complexity index is 711. The maximum atomic E-state index is 4.53. The molecule has 0 saturated carbocycles. The largest absolute Gasteiger partial charge is 0.356 e. The fourth-order valence-electron chi connectivity index (χ4n) is 3.41. The molecule has 1 saturated heterocycles. The van der Waals surface area contributed by atoms with Gasteiger partial charge < -0.3 is 10.2 Å². The Morgan fingerprint density at radius 2 is 1.89 bits per heavy atom. The van der Waals surface area contributed by atoms with Crippen molar-refractivity contribution in [3.63, 3.8) is 0 Å². The van der Waals surface area contributed by atoms with Gasteiger partial charge in [0.1, 0.15) is 0 Å². The topological polar surface area (TPSA) is 43.8 Å². The molecule has 0 atom stereocenters. The van der Waals surface area contributed by atoms with Crippen LogP contribution in [0.1, 0.15) is 29.1 Å². The van der Waals surface area contributed by atoms with Gasteiger partial charge in [0.25, 0.3) is 0 Å². The number of aromatic nitrogens is 1. The van der Waals surface area contributed by atoms with E-state index in [1.54, 1.807) is 11.3 Å². The Kier molecular flexibility index (Phi) is 10.2. The molecule has 1 aliphatic heterocycles. The zero-order valence-corrected chi connectivity index (χ0v) is 20.1. The second-order valence-corrected chi connectivity index (χ2v) is 8.01. The molecular formula is C21H32IN5S. The summed E-state index contributed by atoms with van der Waals surface area (Å²) in [5, 5.41) is 6.92. The Hall–Kier alpha value is -1.19. The van der Waals surface area contributed by atoms with Crippen molar-refractivity contribution in [1.29, 1.82) is 0 Å². The second-order valence-electron chi connectivity index (χ2n) is 7.06. The van der Waals surface area contributed by atoms with Crippen LogP contribution in [0.5, 0.6) is 0 Å². The predicted octanol–water partition coefficient (Wildman–Crippen LogP) is 3.79. The Labute approximate surface area is 190 Å². The van der Waals surface area contributed by atoms with Crippen LogP contribution in [0.4, 0.5) is 0 Å². The number of hydrogen-bond donors (Lipinski definition) is 1. The molecule has 0 spiro atoms. The van der Waals surface area contributed by atoms with Crippen molar-refractivity contribution in [2.24, 2.45) is 4.99 Å². The third-order valence-corrected chi connectivity index (χ3v) is 5.93. The van der Waals surface area contributed by atoms with Crippen LogP contribution in [-0.2, 0) is 13.0 Å². The molecule has 7 heteroatoms. The summed E-state index contributed by atoms with van der Waals surface area (Å²) in [6, 6.07) is 10.7. The van der Waals surface area contributed by atoms with Crippen molar-refractivity contribution in [3.8, 4) is 0 Å². The van der Waals surface area contributed by atoms with E-state index in [1.165, 1.54) is 17.0 Å². The molecule has 1 N–H and O–H groups in total. The molecule has 1 aromatic carbocycles. The van der Waals surface area contributed by atoms with Gasteiger partial charge in [-0.25, -0.2) is 4.98 Å². The van der Waals surface area contributed by atoms with Crippen molar-refractivity contribution >= 4 is 41.3 Å². The molecule has 2 aromatic rings. The average Bonchev–Trinajstić information content (AvgIpc) is 3.11. The van der Waals surface area contributed by atoms with E-state index in [9.17, 15) is 0 Å². The van der Waals surface area contributed by atoms with Gasteiger partial charge in [-0.05, 0) is 31.7 Å². The zero-order chi connectivity index (χ0) is 18.9. The SMILES string of the molecule is CN=C(NCCCCc1nc(C)cs1)N1CCN(Cc2ccccc2)CC1.I. The van der Waals surface area contributed by atoms with Gasteiger partial charge in [-0.15, -0.1) is 35.3 Å². The maximum absolute atomic E-state index is 4.53. The fourth-order valence-corrected chi connectivity index (χ4v) is 4.23. The summed E-state index contributed by atoms with van der Waals surface area (Å²) in [5.41, 5.74) is 2.53. The number of nitrogens with one attached hydrogen (secondary N) is 1. The summed E-state index contributed by atoms with van der Waals surface area (Å²) in [6.45, 7) is 8.30. The van der Waals surface area contributed by atoms with Crippen LogP contribution in [0.3, 0.4) is 0 Å². The first-order chi connectivity index (χ1) is 13.2. The van der Waals surface area contributed by atoms with Crippen LogP contribution < -0.4 is 5.32 Å². The number of aryl methyl sites for hydroxylation is 2. The van der Waals surface area contributed by atoms with Gasteiger partial charge in [-0.1, -0.05) is 30.3 Å². The molecule has 1 fully saturated rings. The molecule has 154 valence electrons. The normalized spacial score (nSPS) is 15.4. The smallest absolute Gasteiger partial charge is 0.193 e. The van der Waals surface area contributed by atoms with Crippen LogP contribution >= 0.6 is 35.3 Å². The van der Waals surface area contributed by atoms with Gasteiger partial charge >= 0.3 is 0 Å². The van der Waals surface area contributed by atoms with E-state index in [1.807, 2.05) is 7.05 Å². The van der Waals surface area contributed by atoms with Gasteiger partial charge in [-0.3, -0.25) is 9.89 Å². The van der Waals surface area contributed by atoms with Crippen LogP contribution in [0.2, 0.25) is 0 Å². The second kappa shape index (κ2) is 12.4. The molecule has 3 rings (SSSR count). The van der Waals surface area contributed by atoms with Gasteiger partial charge in [0.05, 0.1) is 5.01 Å². The Morgan fingerprint density at radius 1 is 1.14 bits per heavy atom. The van der Waals surface area contributed by atoms with Gasteiger partial charge in [0.2, 0.25) is 0 Å². The third kappa shape index (κ3) is 7.33. The first kappa shape index (κ1) is 23.1. The summed E-state index contributed by atoms with van der Waals surface area (Å²) < 4.78 is 0. The van der Waals surface area contributed by atoms with E-state index in [2.05, 4.69) is 67.7 Å². The van der Waals surface area contributed by atoms with Crippen molar-refractivity contribution in [3.05, 3.63) is 52.0 Å². The molecule has 0 radical (unpaired) electrons. The number of unbranched alkanes of at least 4 members (excludes halogenated alkanes) is 1. The Balaban J connectivity index is 0.00000280. The standard InChI is InChI=1S/C21H31N5S.HI/c1-18-17-27-20(24-18)10-6-7-11-23-21(22-2)26-14-12-25(13-15-26)16-19-8-4-3-5-9-19;/h3-5,8-9,17H,6-7,10-16H2,1-2H3,(H,22,23);1H. The van der Waals surface area contributed by atoms with E-state index >= 15 is 0 Å². The van der Waals surface area contributed by atoms with Crippen molar-refractivity contribution in [2.75, 3.05) is 39.8 Å². The molecule has 0 aliphatic carbocycles. The van der Waals surface area contributed by atoms with E-state index in [0.29, 0.717) is 0 Å². The van der Waals surface area contributed by atoms with E-state index in [4.69, 9.17) is 0 Å². The van der Waals surface area contributed by atoms with Crippen LogP contribution in [0.25, 0.3) is 0 Å². The highest BCUT2D eigenvalue weighted by Gasteiger charge is 2.19. The van der Waals surface area contributed by atoms with Gasteiger partial charge in [0.15, 0.2) is 5.96 Å². The minimum Gasteiger partial charge on any atom is -0.356 e. The molecule has 1 aromatic heterocycles. The first-order valence-electron chi connectivity index (χ1n) is 9.87. The third-order valence-electron chi connectivity index (χ3n) is 4.90. The highest BCUT2D eigenvalue weighted by atomic mass is 127. The highest BCUT2D eigenvalue weighted by Crippen LogP contribution is 2.12. The van der Waals surface area contributed by atoms with Crippen LogP contribution in [0, 0.1) is 6.92 Å². The predicted molar refractivity (Wildman–Crippen MR) is 130 cm³/mol. The summed E-state index contributed by atoms with van der Waals surface area (Å²) in [7, 11) is 1.89. The van der Waals surface area contributed by atoms with Crippen molar-refractivity contribution in [2.45, 2.75) is 32.7 Å². The van der Waals surface area contributed by atoms with Crippen molar-refractivity contribution < 1.29 is 0 Å². The lowest BCUT2D eigenvalue weighted by molar-refractivity contribution is 0.172. The zero-order valence-electron chi connectivity index (χ0n) is 16.9. The number of aliphatic imine (C=N–C) groups is 1. The molecule has 0 unspecified atom stereocenters. The number of guanidine groups is 1. The van der Waals surface area contributed by atoms with Gasteiger partial charge in [0, 0.05) is 57.4 Å². The minimum atomic E-state index is 0. The lowest BCUT2D eigenvalue weighted by Gasteiger charge is -2.36. The molecule has 0 bridgehead atoms. The monoisotopic (exact) mass is 513 g/mol. The highest BCUT2D eigenvalue weighted by molar-refractivity contribution is 14.0.